The van der Waals surface area contributed by atoms with Gasteiger partial charge in [-0.1, -0.05) is 24.3 Å². The first-order chi connectivity index (χ1) is 10.2. The van der Waals surface area contributed by atoms with E-state index < -0.39 is 21.7 Å². The highest BCUT2D eigenvalue weighted by atomic mass is 32.2. The summed E-state index contributed by atoms with van der Waals surface area (Å²) in [6.45, 7) is 0. The van der Waals surface area contributed by atoms with Gasteiger partial charge in [0, 0.05) is 17.4 Å². The van der Waals surface area contributed by atoms with Gasteiger partial charge in [-0.2, -0.15) is 0 Å². The molecule has 7 heteroatoms. The molecule has 0 fully saturated rings. The molecule has 0 heterocycles. The molecule has 0 radical (unpaired) electrons. The number of carbonyl (C=O) groups is 2. The van der Waals surface area contributed by atoms with E-state index in [1.807, 2.05) is 0 Å². The maximum absolute atomic E-state index is 11.7. The Labute approximate surface area is 127 Å². The lowest BCUT2D eigenvalue weighted by molar-refractivity contribution is 0.0990. The Balaban J connectivity index is 2.77. The van der Waals surface area contributed by atoms with Gasteiger partial charge in [0.2, 0.25) is 11.8 Å². The van der Waals surface area contributed by atoms with Crippen molar-refractivity contribution in [3.8, 4) is 11.1 Å². The summed E-state index contributed by atoms with van der Waals surface area (Å²) in [6, 6.07) is 10.4. The molecule has 0 saturated heterocycles. The maximum Gasteiger partial charge on any atom is 0.249 e. The van der Waals surface area contributed by atoms with Gasteiger partial charge in [0.25, 0.3) is 0 Å². The summed E-state index contributed by atoms with van der Waals surface area (Å²) in [4.78, 5) is 23.2. The molecule has 2 aromatic rings. The molecule has 0 aliphatic carbocycles. The van der Waals surface area contributed by atoms with Crippen LogP contribution >= 0.6 is 0 Å². The first kappa shape index (κ1) is 15.7. The molecule has 6 nitrogen and oxygen atoms in total. The number of hydrogen-bond acceptors (Lipinski definition) is 4. The Hall–Kier alpha value is -2.67. The molecule has 0 bridgehead atoms. The summed E-state index contributed by atoms with van der Waals surface area (Å²) < 4.78 is 23.2. The van der Waals surface area contributed by atoms with Gasteiger partial charge in [0.1, 0.15) is 0 Å². The van der Waals surface area contributed by atoms with Crippen LogP contribution in [0.4, 0.5) is 0 Å². The van der Waals surface area contributed by atoms with Crippen LogP contribution in [0.3, 0.4) is 0 Å². The Kier molecular flexibility index (Phi) is 4.01. The second kappa shape index (κ2) is 5.61. The van der Waals surface area contributed by atoms with E-state index in [4.69, 9.17) is 11.5 Å². The van der Waals surface area contributed by atoms with Crippen molar-refractivity contribution in [3.05, 3.63) is 53.6 Å². The first-order valence-electron chi connectivity index (χ1n) is 6.25. The van der Waals surface area contributed by atoms with Crippen LogP contribution in [0.15, 0.2) is 47.4 Å². The number of nitrogens with two attached hydrogens (primary N) is 2. The van der Waals surface area contributed by atoms with Gasteiger partial charge in [-0.05, 0) is 29.3 Å². The number of benzene rings is 2. The SMILES string of the molecule is CS(=O)(=O)c1ccc(-c2ccccc2C(N)=O)c(C(N)=O)c1. The highest BCUT2D eigenvalue weighted by Crippen LogP contribution is 2.29. The fourth-order valence-corrected chi connectivity index (χ4v) is 2.77. The van der Waals surface area contributed by atoms with Crippen LogP contribution in [0.2, 0.25) is 0 Å². The van der Waals surface area contributed by atoms with E-state index in [-0.39, 0.29) is 16.0 Å². The van der Waals surface area contributed by atoms with Crippen molar-refractivity contribution < 1.29 is 18.0 Å². The lowest BCUT2D eigenvalue weighted by Gasteiger charge is -2.11. The highest BCUT2D eigenvalue weighted by Gasteiger charge is 2.18. The van der Waals surface area contributed by atoms with Gasteiger partial charge in [-0.25, -0.2) is 8.42 Å². The van der Waals surface area contributed by atoms with Crippen LogP contribution in [0.5, 0.6) is 0 Å². The largest absolute Gasteiger partial charge is 0.366 e. The number of amides is 2. The summed E-state index contributed by atoms with van der Waals surface area (Å²) in [5.74, 6) is -1.45. The minimum atomic E-state index is -3.48. The van der Waals surface area contributed by atoms with Crippen molar-refractivity contribution in [2.24, 2.45) is 11.5 Å². The van der Waals surface area contributed by atoms with Crippen LogP contribution in [0.1, 0.15) is 20.7 Å². The molecular formula is C15H14N2O4S. The van der Waals surface area contributed by atoms with Gasteiger partial charge < -0.3 is 11.5 Å². The first-order valence-corrected chi connectivity index (χ1v) is 8.14. The minimum absolute atomic E-state index is 0.0108. The number of primary amides is 2. The summed E-state index contributed by atoms with van der Waals surface area (Å²) in [6.07, 6.45) is 1.03. The van der Waals surface area contributed by atoms with Crippen LogP contribution in [-0.4, -0.2) is 26.5 Å². The average molecular weight is 318 g/mol. The van der Waals surface area contributed by atoms with Gasteiger partial charge in [0.15, 0.2) is 9.84 Å². The zero-order valence-corrected chi connectivity index (χ0v) is 12.6. The van der Waals surface area contributed by atoms with Crippen molar-refractivity contribution >= 4 is 21.7 Å². The summed E-state index contributed by atoms with van der Waals surface area (Å²) in [7, 11) is -3.48. The molecule has 0 atom stereocenters. The predicted molar refractivity (Wildman–Crippen MR) is 82.0 cm³/mol. The van der Waals surface area contributed by atoms with Crippen LogP contribution < -0.4 is 11.5 Å². The molecule has 4 N–H and O–H groups in total. The highest BCUT2D eigenvalue weighted by molar-refractivity contribution is 7.90. The quantitative estimate of drug-likeness (QED) is 0.872. The fraction of sp³-hybridized carbons (Fsp3) is 0.0667. The number of sulfone groups is 1. The molecule has 0 aromatic heterocycles. The molecule has 2 aromatic carbocycles. The lowest BCUT2D eigenvalue weighted by atomic mass is 9.95. The minimum Gasteiger partial charge on any atom is -0.366 e. The molecular weight excluding hydrogens is 304 g/mol. The lowest BCUT2D eigenvalue weighted by Crippen LogP contribution is -2.16. The summed E-state index contributed by atoms with van der Waals surface area (Å²) in [5.41, 5.74) is 11.7. The fourth-order valence-electron chi connectivity index (χ4n) is 2.13. The Morgan fingerprint density at radius 3 is 1.95 bits per heavy atom. The van der Waals surface area contributed by atoms with Crippen LogP contribution in [0.25, 0.3) is 11.1 Å². The topological polar surface area (TPSA) is 120 Å². The maximum atomic E-state index is 11.7. The standard InChI is InChI=1S/C15H14N2O4S/c1-22(20,21)9-6-7-11(13(8-9)15(17)19)10-4-2-3-5-12(10)14(16)18/h2-8H,1H3,(H2,16,18)(H2,17,19). The van der Waals surface area contributed by atoms with E-state index in [0.717, 1.165) is 6.26 Å². The van der Waals surface area contributed by atoms with Crippen molar-refractivity contribution in [2.45, 2.75) is 4.90 Å². The van der Waals surface area contributed by atoms with Gasteiger partial charge in [-0.15, -0.1) is 0 Å². The molecule has 0 aliphatic heterocycles. The zero-order chi connectivity index (χ0) is 16.5. The monoisotopic (exact) mass is 318 g/mol. The molecule has 0 aliphatic rings. The van der Waals surface area contributed by atoms with E-state index in [9.17, 15) is 18.0 Å². The summed E-state index contributed by atoms with van der Waals surface area (Å²) >= 11 is 0. The Morgan fingerprint density at radius 1 is 0.864 bits per heavy atom. The van der Waals surface area contributed by atoms with Crippen molar-refractivity contribution in [1.29, 1.82) is 0 Å². The van der Waals surface area contributed by atoms with Gasteiger partial charge in [0.05, 0.1) is 4.90 Å². The average Bonchev–Trinajstić information content (AvgIpc) is 2.45. The van der Waals surface area contributed by atoms with E-state index in [2.05, 4.69) is 0 Å². The predicted octanol–water partition coefficient (Wildman–Crippen LogP) is 0.955. The van der Waals surface area contributed by atoms with E-state index in [1.54, 1.807) is 18.2 Å². The number of carbonyl (C=O) groups excluding carboxylic acids is 2. The van der Waals surface area contributed by atoms with Crippen molar-refractivity contribution in [1.82, 2.24) is 0 Å². The third-order valence-corrected chi connectivity index (χ3v) is 4.28. The number of rotatable bonds is 4. The molecule has 0 saturated carbocycles. The summed E-state index contributed by atoms with van der Waals surface area (Å²) in [5, 5.41) is 0. The number of hydrogen-bond donors (Lipinski definition) is 2. The Bertz CT molecular complexity index is 873. The second-order valence-electron chi connectivity index (χ2n) is 4.75. The van der Waals surface area contributed by atoms with Crippen LogP contribution in [-0.2, 0) is 9.84 Å². The van der Waals surface area contributed by atoms with Gasteiger partial charge in [-0.3, -0.25) is 9.59 Å². The van der Waals surface area contributed by atoms with E-state index in [1.165, 1.54) is 24.3 Å². The molecule has 114 valence electrons. The normalized spacial score (nSPS) is 11.1. The molecule has 2 rings (SSSR count). The van der Waals surface area contributed by atoms with Crippen LogP contribution in [0, 0.1) is 0 Å². The Morgan fingerprint density at radius 2 is 1.41 bits per heavy atom. The second-order valence-corrected chi connectivity index (χ2v) is 6.77. The third kappa shape index (κ3) is 2.99. The van der Waals surface area contributed by atoms with Crippen molar-refractivity contribution in [2.75, 3.05) is 6.26 Å². The van der Waals surface area contributed by atoms with Crippen molar-refractivity contribution in [3.63, 3.8) is 0 Å². The van der Waals surface area contributed by atoms with E-state index in [0.29, 0.717) is 11.1 Å². The molecule has 22 heavy (non-hydrogen) atoms. The third-order valence-electron chi connectivity index (χ3n) is 3.17. The van der Waals surface area contributed by atoms with E-state index >= 15 is 0 Å². The molecule has 2 amide bonds. The zero-order valence-electron chi connectivity index (χ0n) is 11.7. The van der Waals surface area contributed by atoms with Gasteiger partial charge >= 0.3 is 0 Å². The molecule has 0 unspecified atom stereocenters. The smallest absolute Gasteiger partial charge is 0.249 e. The molecule has 0 spiro atoms.